The Hall–Kier alpha value is -3.29. The number of hydrogen-bond acceptors (Lipinski definition) is 3. The van der Waals surface area contributed by atoms with Gasteiger partial charge in [-0.1, -0.05) is 18.2 Å². The first-order valence-corrected chi connectivity index (χ1v) is 9.74. The molecule has 0 saturated heterocycles. The molecular formula is C23H21F3N2O3. The zero-order valence-electron chi connectivity index (χ0n) is 17.5. The van der Waals surface area contributed by atoms with Crippen molar-refractivity contribution in [3.05, 3.63) is 69.9 Å². The van der Waals surface area contributed by atoms with Crippen LogP contribution >= 0.6 is 0 Å². The minimum absolute atomic E-state index is 0.0675. The fraction of sp³-hybridized carbons (Fsp3) is 0.304. The van der Waals surface area contributed by atoms with Crippen molar-refractivity contribution in [1.82, 2.24) is 10.2 Å². The zero-order chi connectivity index (χ0) is 22.7. The van der Waals surface area contributed by atoms with E-state index >= 15 is 0 Å². The number of hydrogen-bond donors (Lipinski definition) is 1. The van der Waals surface area contributed by atoms with Gasteiger partial charge >= 0.3 is 6.18 Å². The highest BCUT2D eigenvalue weighted by atomic mass is 19.4. The Morgan fingerprint density at radius 1 is 1.16 bits per heavy atom. The standard InChI is InChI=1S/C23H21F3N2O3/c1-12-16(23(24,25)26)9-10-17-18(12)19(20(27-13(2)29)22(3,4)31-17)28-11-14-7-5-6-8-15(14)21(28)30/h5-10H,11H2,1-4H3,(H,27,29). The predicted molar refractivity (Wildman–Crippen MR) is 108 cm³/mol. The van der Waals surface area contributed by atoms with Crippen molar-refractivity contribution in [3.8, 4) is 5.75 Å². The zero-order valence-corrected chi connectivity index (χ0v) is 17.5. The van der Waals surface area contributed by atoms with E-state index in [1.54, 1.807) is 38.1 Å². The number of halogens is 3. The fourth-order valence-corrected chi connectivity index (χ4v) is 4.20. The summed E-state index contributed by atoms with van der Waals surface area (Å²) in [5, 5.41) is 2.71. The lowest BCUT2D eigenvalue weighted by atomic mass is 9.89. The maximum absolute atomic E-state index is 13.7. The van der Waals surface area contributed by atoms with Crippen molar-refractivity contribution in [2.75, 3.05) is 0 Å². The molecule has 2 heterocycles. The molecule has 0 spiro atoms. The van der Waals surface area contributed by atoms with Gasteiger partial charge < -0.3 is 15.0 Å². The quantitative estimate of drug-likeness (QED) is 0.755. The van der Waals surface area contributed by atoms with E-state index in [2.05, 4.69) is 5.32 Å². The molecule has 2 amide bonds. The molecule has 0 radical (unpaired) electrons. The van der Waals surface area contributed by atoms with Gasteiger partial charge in [0, 0.05) is 18.1 Å². The minimum Gasteiger partial charge on any atom is -0.481 e. The third kappa shape index (κ3) is 3.36. The molecule has 8 heteroatoms. The van der Waals surface area contributed by atoms with Gasteiger partial charge in [-0.3, -0.25) is 9.59 Å². The first-order valence-electron chi connectivity index (χ1n) is 9.74. The van der Waals surface area contributed by atoms with Crippen LogP contribution in [0.25, 0.3) is 5.70 Å². The Balaban J connectivity index is 2.02. The summed E-state index contributed by atoms with van der Waals surface area (Å²) in [7, 11) is 0. The second kappa shape index (κ2) is 6.87. The largest absolute Gasteiger partial charge is 0.481 e. The van der Waals surface area contributed by atoms with Gasteiger partial charge in [-0.15, -0.1) is 0 Å². The van der Waals surface area contributed by atoms with Crippen LogP contribution in [0.3, 0.4) is 0 Å². The lowest BCUT2D eigenvalue weighted by molar-refractivity contribution is -0.138. The molecule has 0 bridgehead atoms. The molecule has 31 heavy (non-hydrogen) atoms. The summed E-state index contributed by atoms with van der Waals surface area (Å²) >= 11 is 0. The van der Waals surface area contributed by atoms with Crippen LogP contribution in [-0.4, -0.2) is 22.3 Å². The molecule has 2 aromatic rings. The van der Waals surface area contributed by atoms with Gasteiger partial charge in [0.05, 0.1) is 23.5 Å². The molecule has 0 atom stereocenters. The number of carbonyl (C=O) groups is 2. The maximum Gasteiger partial charge on any atom is 0.416 e. The summed E-state index contributed by atoms with van der Waals surface area (Å²) < 4.78 is 47.0. The normalized spacial score (nSPS) is 17.3. The molecule has 0 saturated carbocycles. The number of rotatable bonds is 2. The van der Waals surface area contributed by atoms with E-state index in [-0.39, 0.29) is 40.7 Å². The Kier molecular flexibility index (Phi) is 4.64. The van der Waals surface area contributed by atoms with Gasteiger partial charge in [-0.2, -0.15) is 13.2 Å². The summed E-state index contributed by atoms with van der Waals surface area (Å²) in [6.07, 6.45) is -4.58. The van der Waals surface area contributed by atoms with Crippen LogP contribution in [0.4, 0.5) is 13.2 Å². The SMILES string of the molecule is CC(=O)NC1=C(N2Cc3ccccc3C2=O)c2c(ccc(C(F)(F)F)c2C)OC1(C)C. The van der Waals surface area contributed by atoms with E-state index in [9.17, 15) is 22.8 Å². The van der Waals surface area contributed by atoms with Crippen molar-refractivity contribution < 1.29 is 27.5 Å². The Morgan fingerprint density at radius 2 is 1.84 bits per heavy atom. The molecule has 0 fully saturated rings. The summed E-state index contributed by atoms with van der Waals surface area (Å²) in [6.45, 7) is 6.22. The van der Waals surface area contributed by atoms with Crippen LogP contribution < -0.4 is 10.1 Å². The van der Waals surface area contributed by atoms with Crippen molar-refractivity contribution in [2.24, 2.45) is 0 Å². The average molecular weight is 430 g/mol. The van der Waals surface area contributed by atoms with Gasteiger partial charge in [-0.05, 0) is 50.1 Å². The lowest BCUT2D eigenvalue weighted by Crippen LogP contribution is -2.45. The van der Waals surface area contributed by atoms with Crippen LogP contribution in [0.2, 0.25) is 0 Å². The highest BCUT2D eigenvalue weighted by Gasteiger charge is 2.44. The van der Waals surface area contributed by atoms with Gasteiger partial charge in [0.2, 0.25) is 5.91 Å². The van der Waals surface area contributed by atoms with Crippen LogP contribution in [0, 0.1) is 6.92 Å². The molecule has 1 N–H and O–H groups in total. The molecule has 4 rings (SSSR count). The van der Waals surface area contributed by atoms with Crippen molar-refractivity contribution in [3.63, 3.8) is 0 Å². The number of amides is 2. The van der Waals surface area contributed by atoms with Crippen molar-refractivity contribution in [2.45, 2.75) is 46.0 Å². The topological polar surface area (TPSA) is 58.6 Å². The summed E-state index contributed by atoms with van der Waals surface area (Å²) in [6, 6.07) is 9.26. The Bertz CT molecular complexity index is 1150. The molecule has 0 aromatic heterocycles. The Morgan fingerprint density at radius 3 is 2.45 bits per heavy atom. The van der Waals surface area contributed by atoms with Gasteiger partial charge in [-0.25, -0.2) is 0 Å². The number of nitrogens with one attached hydrogen (secondary N) is 1. The van der Waals surface area contributed by atoms with Gasteiger partial charge in [0.15, 0.2) is 0 Å². The number of carbonyl (C=O) groups excluding carboxylic acids is 2. The molecule has 0 unspecified atom stereocenters. The van der Waals surface area contributed by atoms with E-state index in [1.807, 2.05) is 0 Å². The van der Waals surface area contributed by atoms with Gasteiger partial charge in [0.1, 0.15) is 11.4 Å². The van der Waals surface area contributed by atoms with Crippen LogP contribution in [0.15, 0.2) is 42.1 Å². The first-order chi connectivity index (χ1) is 14.4. The third-order valence-electron chi connectivity index (χ3n) is 5.57. The van der Waals surface area contributed by atoms with Crippen molar-refractivity contribution >= 4 is 17.5 Å². The fourth-order valence-electron chi connectivity index (χ4n) is 4.20. The average Bonchev–Trinajstić information content (AvgIpc) is 2.98. The highest BCUT2D eigenvalue weighted by molar-refractivity contribution is 6.05. The molecule has 0 aliphatic carbocycles. The first kappa shape index (κ1) is 21.0. The van der Waals surface area contributed by atoms with E-state index < -0.39 is 23.2 Å². The Labute approximate surface area is 177 Å². The monoisotopic (exact) mass is 430 g/mol. The van der Waals surface area contributed by atoms with Crippen LogP contribution in [0.1, 0.15) is 53.4 Å². The second-order valence-electron chi connectivity index (χ2n) is 8.17. The van der Waals surface area contributed by atoms with E-state index in [4.69, 9.17) is 4.74 Å². The van der Waals surface area contributed by atoms with E-state index in [0.717, 1.165) is 11.6 Å². The number of fused-ring (bicyclic) bond motifs is 2. The minimum atomic E-state index is -4.58. The summed E-state index contributed by atoms with van der Waals surface area (Å²) in [4.78, 5) is 26.7. The summed E-state index contributed by atoms with van der Waals surface area (Å²) in [5.74, 6) is -0.529. The van der Waals surface area contributed by atoms with Crippen molar-refractivity contribution in [1.29, 1.82) is 0 Å². The number of ether oxygens (including phenoxy) is 1. The third-order valence-corrected chi connectivity index (χ3v) is 5.57. The van der Waals surface area contributed by atoms with E-state index in [0.29, 0.717) is 5.56 Å². The molecule has 162 valence electrons. The van der Waals surface area contributed by atoms with E-state index in [1.165, 1.54) is 24.8 Å². The summed E-state index contributed by atoms with van der Waals surface area (Å²) in [5.41, 5.74) is -0.109. The molecule has 2 aliphatic rings. The van der Waals surface area contributed by atoms with Crippen LogP contribution in [-0.2, 0) is 17.5 Å². The number of alkyl halides is 3. The smallest absolute Gasteiger partial charge is 0.416 e. The molecule has 5 nitrogen and oxygen atoms in total. The second-order valence-corrected chi connectivity index (χ2v) is 8.17. The highest BCUT2D eigenvalue weighted by Crippen LogP contribution is 2.47. The molecule has 2 aliphatic heterocycles. The maximum atomic E-state index is 13.7. The number of nitrogens with zero attached hydrogens (tertiary/aromatic N) is 1. The molecular weight excluding hydrogens is 409 g/mol. The predicted octanol–water partition coefficient (Wildman–Crippen LogP) is 4.65. The molecule has 2 aromatic carbocycles. The lowest BCUT2D eigenvalue weighted by Gasteiger charge is -2.40. The van der Waals surface area contributed by atoms with Gasteiger partial charge in [0.25, 0.3) is 5.91 Å². The number of benzene rings is 2. The van der Waals surface area contributed by atoms with Crippen LogP contribution in [0.5, 0.6) is 5.75 Å².